The summed E-state index contributed by atoms with van der Waals surface area (Å²) in [6.45, 7) is 2.88. The quantitative estimate of drug-likeness (QED) is 0.702. The van der Waals surface area contributed by atoms with Crippen LogP contribution in [0.2, 0.25) is 0 Å². The van der Waals surface area contributed by atoms with Crippen molar-refractivity contribution in [3.63, 3.8) is 0 Å². The third-order valence-electron chi connectivity index (χ3n) is 3.08. The molecule has 0 atom stereocenters. The van der Waals surface area contributed by atoms with E-state index in [1.807, 2.05) is 0 Å². The number of aliphatic hydroxyl groups is 2. The van der Waals surface area contributed by atoms with Crippen molar-refractivity contribution in [1.29, 1.82) is 0 Å². The third-order valence-corrected chi connectivity index (χ3v) is 3.08. The number of nitrogens with zero attached hydrogens (tertiary/aromatic N) is 1. The van der Waals surface area contributed by atoms with Crippen LogP contribution in [-0.4, -0.2) is 58.4 Å². The number of rotatable bonds is 6. The average molecular weight is 281 g/mol. The zero-order valence-corrected chi connectivity index (χ0v) is 11.6. The fraction of sp³-hybridized carbons (Fsp3) is 0.429. The van der Waals surface area contributed by atoms with E-state index in [-0.39, 0.29) is 37.4 Å². The van der Waals surface area contributed by atoms with Crippen LogP contribution in [0.3, 0.4) is 0 Å². The van der Waals surface area contributed by atoms with Crippen LogP contribution in [0, 0.1) is 13.8 Å². The van der Waals surface area contributed by atoms with Crippen molar-refractivity contribution in [1.82, 2.24) is 4.90 Å². The van der Waals surface area contributed by atoms with Crippen molar-refractivity contribution in [2.24, 2.45) is 0 Å². The minimum Gasteiger partial charge on any atom is -0.478 e. The summed E-state index contributed by atoms with van der Waals surface area (Å²) in [4.78, 5) is 25.1. The van der Waals surface area contributed by atoms with E-state index in [0.29, 0.717) is 11.1 Å². The first-order chi connectivity index (χ1) is 9.43. The summed E-state index contributed by atoms with van der Waals surface area (Å²) < 4.78 is 0. The molecule has 0 fully saturated rings. The molecule has 0 unspecified atom stereocenters. The van der Waals surface area contributed by atoms with Gasteiger partial charge in [-0.25, -0.2) is 4.79 Å². The summed E-state index contributed by atoms with van der Waals surface area (Å²) in [5.41, 5.74) is 1.13. The molecule has 0 radical (unpaired) electrons. The van der Waals surface area contributed by atoms with Crippen molar-refractivity contribution in [3.05, 3.63) is 34.4 Å². The van der Waals surface area contributed by atoms with E-state index in [1.165, 1.54) is 4.90 Å². The van der Waals surface area contributed by atoms with Crippen LogP contribution in [0.5, 0.6) is 0 Å². The second kappa shape index (κ2) is 7.02. The maximum atomic E-state index is 12.5. The van der Waals surface area contributed by atoms with E-state index in [0.717, 1.165) is 0 Å². The number of amides is 1. The molecule has 1 amide bonds. The molecule has 0 aliphatic carbocycles. The SMILES string of the molecule is Cc1ccc(C)c(C(=O)N(CCO)CCO)c1C(=O)O. The molecule has 1 aromatic rings. The number of aryl methyl sites for hydroxylation is 2. The van der Waals surface area contributed by atoms with Gasteiger partial charge in [-0.3, -0.25) is 4.79 Å². The van der Waals surface area contributed by atoms with Gasteiger partial charge in [0.15, 0.2) is 0 Å². The Morgan fingerprint density at radius 1 is 1.00 bits per heavy atom. The molecule has 1 aromatic carbocycles. The van der Waals surface area contributed by atoms with Crippen LogP contribution < -0.4 is 0 Å². The zero-order valence-electron chi connectivity index (χ0n) is 11.6. The molecule has 0 aromatic heterocycles. The molecule has 0 heterocycles. The molecule has 0 saturated heterocycles. The number of aromatic carboxylic acids is 1. The summed E-state index contributed by atoms with van der Waals surface area (Å²) in [7, 11) is 0. The highest BCUT2D eigenvalue weighted by atomic mass is 16.4. The van der Waals surface area contributed by atoms with Gasteiger partial charge in [0.2, 0.25) is 0 Å². The second-order valence-electron chi connectivity index (χ2n) is 4.49. The lowest BCUT2D eigenvalue weighted by Gasteiger charge is -2.23. The lowest BCUT2D eigenvalue weighted by atomic mass is 9.96. The Balaban J connectivity index is 3.33. The molecule has 1 rings (SSSR count). The van der Waals surface area contributed by atoms with Crippen molar-refractivity contribution >= 4 is 11.9 Å². The summed E-state index contributed by atoms with van der Waals surface area (Å²) in [5, 5.41) is 27.2. The molecule has 3 N–H and O–H groups in total. The first-order valence-electron chi connectivity index (χ1n) is 6.28. The number of hydrogen-bond acceptors (Lipinski definition) is 4. The van der Waals surface area contributed by atoms with E-state index in [4.69, 9.17) is 10.2 Å². The Hall–Kier alpha value is -1.92. The van der Waals surface area contributed by atoms with Crippen molar-refractivity contribution in [2.75, 3.05) is 26.3 Å². The monoisotopic (exact) mass is 281 g/mol. The van der Waals surface area contributed by atoms with Gasteiger partial charge in [-0.2, -0.15) is 0 Å². The predicted molar refractivity (Wildman–Crippen MR) is 73.0 cm³/mol. The van der Waals surface area contributed by atoms with E-state index < -0.39 is 11.9 Å². The summed E-state index contributed by atoms with van der Waals surface area (Å²) >= 11 is 0. The van der Waals surface area contributed by atoms with Gasteiger partial charge in [0.05, 0.1) is 24.3 Å². The second-order valence-corrected chi connectivity index (χ2v) is 4.49. The van der Waals surface area contributed by atoms with Crippen molar-refractivity contribution in [3.8, 4) is 0 Å². The molecule has 6 nitrogen and oxygen atoms in total. The van der Waals surface area contributed by atoms with Crippen molar-refractivity contribution < 1.29 is 24.9 Å². The van der Waals surface area contributed by atoms with Crippen LogP contribution in [0.15, 0.2) is 12.1 Å². The summed E-state index contributed by atoms with van der Waals surface area (Å²) in [6, 6.07) is 3.34. The number of carbonyl (C=O) groups is 2. The van der Waals surface area contributed by atoms with Gasteiger partial charge in [-0.1, -0.05) is 12.1 Å². The van der Waals surface area contributed by atoms with Gasteiger partial charge in [0, 0.05) is 13.1 Å². The van der Waals surface area contributed by atoms with Crippen LogP contribution in [0.25, 0.3) is 0 Å². The molecule has 6 heteroatoms. The number of carboxylic acid groups (broad SMARTS) is 1. The van der Waals surface area contributed by atoms with Crippen LogP contribution in [0.1, 0.15) is 31.8 Å². The molecule has 20 heavy (non-hydrogen) atoms. The van der Waals surface area contributed by atoms with E-state index >= 15 is 0 Å². The Labute approximate surface area is 117 Å². The van der Waals surface area contributed by atoms with Gasteiger partial charge >= 0.3 is 5.97 Å². The molecule has 110 valence electrons. The predicted octanol–water partition coefficient (Wildman–Crippen LogP) is 0.428. The molecule has 0 bridgehead atoms. The number of hydrogen-bond donors (Lipinski definition) is 3. The normalized spacial score (nSPS) is 10.4. The van der Waals surface area contributed by atoms with Crippen molar-refractivity contribution in [2.45, 2.75) is 13.8 Å². The van der Waals surface area contributed by atoms with Gasteiger partial charge in [-0.15, -0.1) is 0 Å². The standard InChI is InChI=1S/C14H19NO5/c1-9-3-4-10(2)12(14(19)20)11(9)13(18)15(5-7-16)6-8-17/h3-4,16-17H,5-8H2,1-2H3,(H,19,20). The Bertz CT molecular complexity index is 507. The highest BCUT2D eigenvalue weighted by Crippen LogP contribution is 2.20. The number of carboxylic acids is 1. The highest BCUT2D eigenvalue weighted by molar-refractivity contribution is 6.06. The summed E-state index contributed by atoms with van der Waals surface area (Å²) in [5.74, 6) is -1.66. The van der Waals surface area contributed by atoms with E-state index in [2.05, 4.69) is 0 Å². The fourth-order valence-electron chi connectivity index (χ4n) is 2.08. The number of carbonyl (C=O) groups excluding carboxylic acids is 1. The molecule has 0 aliphatic rings. The number of aliphatic hydroxyl groups excluding tert-OH is 2. The minimum absolute atomic E-state index is 0.0316. The van der Waals surface area contributed by atoms with Gasteiger partial charge in [0.1, 0.15) is 0 Å². The molecular weight excluding hydrogens is 262 g/mol. The Morgan fingerprint density at radius 2 is 1.45 bits per heavy atom. The van der Waals surface area contributed by atoms with Gasteiger partial charge < -0.3 is 20.2 Å². The van der Waals surface area contributed by atoms with Crippen LogP contribution >= 0.6 is 0 Å². The summed E-state index contributed by atoms with van der Waals surface area (Å²) in [6.07, 6.45) is 0. The van der Waals surface area contributed by atoms with Gasteiger partial charge in [-0.05, 0) is 25.0 Å². The fourth-order valence-corrected chi connectivity index (χ4v) is 2.08. The maximum Gasteiger partial charge on any atom is 0.336 e. The lowest BCUT2D eigenvalue weighted by Crippen LogP contribution is -2.37. The third kappa shape index (κ3) is 3.34. The molecular formula is C14H19NO5. The lowest BCUT2D eigenvalue weighted by molar-refractivity contribution is 0.0649. The first-order valence-corrected chi connectivity index (χ1v) is 6.28. The zero-order chi connectivity index (χ0) is 15.3. The molecule has 0 aliphatic heterocycles. The minimum atomic E-state index is -1.16. The van der Waals surface area contributed by atoms with E-state index in [1.54, 1.807) is 26.0 Å². The maximum absolute atomic E-state index is 12.5. The molecule has 0 spiro atoms. The topological polar surface area (TPSA) is 98.1 Å². The first kappa shape index (κ1) is 16.1. The Kier molecular flexibility index (Phi) is 5.66. The smallest absolute Gasteiger partial charge is 0.336 e. The van der Waals surface area contributed by atoms with E-state index in [9.17, 15) is 14.7 Å². The highest BCUT2D eigenvalue weighted by Gasteiger charge is 2.24. The van der Waals surface area contributed by atoms with Crippen LogP contribution in [0.4, 0.5) is 0 Å². The van der Waals surface area contributed by atoms with Gasteiger partial charge in [0.25, 0.3) is 5.91 Å². The Morgan fingerprint density at radius 3 is 1.85 bits per heavy atom. The number of benzene rings is 1. The average Bonchev–Trinajstić information content (AvgIpc) is 2.39. The molecule has 0 saturated carbocycles. The van der Waals surface area contributed by atoms with Crippen LogP contribution in [-0.2, 0) is 0 Å². The largest absolute Gasteiger partial charge is 0.478 e.